The number of pyridine rings is 1. The zero-order chi connectivity index (χ0) is 7.56. The predicted octanol–water partition coefficient (Wildman–Crippen LogP) is 0.431. The van der Waals surface area contributed by atoms with Crippen molar-refractivity contribution >= 4 is 5.82 Å². The fourth-order valence-corrected chi connectivity index (χ4v) is 0.815. The van der Waals surface area contributed by atoms with Crippen LogP contribution in [0.5, 0.6) is 0 Å². The average molecular weight is 137 g/mol. The van der Waals surface area contributed by atoms with Crippen molar-refractivity contribution in [3.05, 3.63) is 23.4 Å². The Bertz CT molecular complexity index is 232. The van der Waals surface area contributed by atoms with Crippen LogP contribution in [0.1, 0.15) is 11.1 Å². The lowest BCUT2D eigenvalue weighted by atomic mass is 10.1. The fraction of sp³-hybridized carbons (Fsp3) is 0.286. The molecule has 1 rings (SSSR count). The number of anilines is 1. The number of aromatic nitrogens is 1. The highest BCUT2D eigenvalue weighted by molar-refractivity contribution is 5.42. The summed E-state index contributed by atoms with van der Waals surface area (Å²) in [5.74, 6) is 0.572. The Kier molecular flexibility index (Phi) is 1.87. The summed E-state index contributed by atoms with van der Waals surface area (Å²) in [4.78, 5) is 3.91. The number of nitrogens with two attached hydrogens (primary N) is 2. The molecular formula is C7H11N3. The van der Waals surface area contributed by atoms with E-state index in [0.717, 1.165) is 11.1 Å². The lowest BCUT2D eigenvalue weighted by Crippen LogP contribution is -2.02. The molecule has 0 saturated heterocycles. The van der Waals surface area contributed by atoms with Crippen molar-refractivity contribution in [3.63, 3.8) is 0 Å². The quantitative estimate of drug-likeness (QED) is 0.590. The van der Waals surface area contributed by atoms with Crippen LogP contribution in [-0.4, -0.2) is 4.98 Å². The van der Waals surface area contributed by atoms with Crippen LogP contribution in [0.15, 0.2) is 12.3 Å². The van der Waals surface area contributed by atoms with Gasteiger partial charge >= 0.3 is 0 Å². The maximum absolute atomic E-state index is 5.53. The first-order valence-electron chi connectivity index (χ1n) is 3.15. The number of nitrogen functional groups attached to an aromatic ring is 1. The van der Waals surface area contributed by atoms with E-state index in [1.807, 2.05) is 13.0 Å². The molecule has 0 aliphatic heterocycles. The molecule has 0 saturated carbocycles. The van der Waals surface area contributed by atoms with Gasteiger partial charge in [0.15, 0.2) is 0 Å². The van der Waals surface area contributed by atoms with Gasteiger partial charge in [0, 0.05) is 12.7 Å². The normalized spacial score (nSPS) is 9.80. The Morgan fingerprint density at radius 2 is 2.30 bits per heavy atom. The van der Waals surface area contributed by atoms with Crippen molar-refractivity contribution in [1.29, 1.82) is 0 Å². The summed E-state index contributed by atoms with van der Waals surface area (Å²) in [6, 6.07) is 1.88. The Hall–Kier alpha value is -1.09. The lowest BCUT2D eigenvalue weighted by Gasteiger charge is -2.02. The molecule has 1 heterocycles. The van der Waals surface area contributed by atoms with Gasteiger partial charge in [0.1, 0.15) is 5.82 Å². The van der Waals surface area contributed by atoms with E-state index >= 15 is 0 Å². The van der Waals surface area contributed by atoms with Crippen LogP contribution in [0.25, 0.3) is 0 Å². The predicted molar refractivity (Wildman–Crippen MR) is 41.3 cm³/mol. The molecule has 0 unspecified atom stereocenters. The second-order valence-corrected chi connectivity index (χ2v) is 2.18. The molecule has 0 bridgehead atoms. The molecule has 0 fully saturated rings. The zero-order valence-electron chi connectivity index (χ0n) is 5.96. The summed E-state index contributed by atoms with van der Waals surface area (Å²) in [6.45, 7) is 2.45. The van der Waals surface area contributed by atoms with E-state index in [0.29, 0.717) is 12.4 Å². The molecule has 4 N–H and O–H groups in total. The third-order valence-corrected chi connectivity index (χ3v) is 1.58. The van der Waals surface area contributed by atoms with Crippen molar-refractivity contribution in [3.8, 4) is 0 Å². The van der Waals surface area contributed by atoms with Crippen molar-refractivity contribution in [2.45, 2.75) is 13.5 Å². The Labute approximate surface area is 60.1 Å². The van der Waals surface area contributed by atoms with Crippen LogP contribution in [0.3, 0.4) is 0 Å². The summed E-state index contributed by atoms with van der Waals surface area (Å²) in [5, 5.41) is 0. The topological polar surface area (TPSA) is 64.9 Å². The minimum absolute atomic E-state index is 0.526. The first kappa shape index (κ1) is 7.02. The van der Waals surface area contributed by atoms with Crippen LogP contribution in [-0.2, 0) is 6.54 Å². The molecule has 3 heteroatoms. The Balaban J connectivity index is 3.14. The van der Waals surface area contributed by atoms with Crippen LogP contribution < -0.4 is 11.5 Å². The van der Waals surface area contributed by atoms with Gasteiger partial charge in [-0.1, -0.05) is 0 Å². The van der Waals surface area contributed by atoms with E-state index in [2.05, 4.69) is 4.98 Å². The number of rotatable bonds is 1. The van der Waals surface area contributed by atoms with E-state index < -0.39 is 0 Å². The molecule has 54 valence electrons. The average Bonchev–Trinajstić information content (AvgIpc) is 1.95. The molecule has 0 spiro atoms. The number of nitrogens with zero attached hydrogens (tertiary/aromatic N) is 1. The highest BCUT2D eigenvalue weighted by Gasteiger charge is 1.98. The van der Waals surface area contributed by atoms with Crippen LogP contribution in [0.4, 0.5) is 5.82 Å². The van der Waals surface area contributed by atoms with Gasteiger partial charge in [-0.05, 0) is 24.1 Å². The summed E-state index contributed by atoms with van der Waals surface area (Å²) >= 11 is 0. The Morgan fingerprint density at radius 1 is 1.60 bits per heavy atom. The highest BCUT2D eigenvalue weighted by atomic mass is 14.8. The first-order chi connectivity index (χ1) is 4.75. The monoisotopic (exact) mass is 137 g/mol. The van der Waals surface area contributed by atoms with Gasteiger partial charge in [-0.2, -0.15) is 0 Å². The van der Waals surface area contributed by atoms with E-state index in [-0.39, 0.29) is 0 Å². The molecule has 0 radical (unpaired) electrons. The van der Waals surface area contributed by atoms with Crippen molar-refractivity contribution in [2.24, 2.45) is 5.73 Å². The molecular weight excluding hydrogens is 126 g/mol. The third kappa shape index (κ3) is 1.09. The minimum Gasteiger partial charge on any atom is -0.383 e. The van der Waals surface area contributed by atoms with Crippen LogP contribution in [0.2, 0.25) is 0 Å². The summed E-state index contributed by atoms with van der Waals surface area (Å²) < 4.78 is 0. The second kappa shape index (κ2) is 2.66. The second-order valence-electron chi connectivity index (χ2n) is 2.18. The van der Waals surface area contributed by atoms with Gasteiger partial charge in [-0.25, -0.2) is 4.98 Å². The van der Waals surface area contributed by atoms with Gasteiger partial charge in [-0.3, -0.25) is 0 Å². The number of hydrogen-bond donors (Lipinski definition) is 2. The molecule has 10 heavy (non-hydrogen) atoms. The van der Waals surface area contributed by atoms with Crippen molar-refractivity contribution in [2.75, 3.05) is 5.73 Å². The van der Waals surface area contributed by atoms with Gasteiger partial charge in [-0.15, -0.1) is 0 Å². The highest BCUT2D eigenvalue weighted by Crippen LogP contribution is 2.10. The summed E-state index contributed by atoms with van der Waals surface area (Å²) in [6.07, 6.45) is 1.67. The summed E-state index contributed by atoms with van der Waals surface area (Å²) in [7, 11) is 0. The maximum atomic E-state index is 5.53. The van der Waals surface area contributed by atoms with Gasteiger partial charge in [0.25, 0.3) is 0 Å². The third-order valence-electron chi connectivity index (χ3n) is 1.58. The number of hydrogen-bond acceptors (Lipinski definition) is 3. The molecule has 0 aromatic carbocycles. The van der Waals surface area contributed by atoms with Crippen LogP contribution >= 0.6 is 0 Å². The van der Waals surface area contributed by atoms with E-state index in [1.54, 1.807) is 6.20 Å². The fourth-order valence-electron chi connectivity index (χ4n) is 0.815. The molecule has 3 nitrogen and oxygen atoms in total. The standard InChI is InChI=1S/C7H11N3/c1-5-6(4-8)2-3-10-7(5)9/h2-3H,4,8H2,1H3,(H2,9,10). The Morgan fingerprint density at radius 3 is 2.80 bits per heavy atom. The van der Waals surface area contributed by atoms with Gasteiger partial charge < -0.3 is 11.5 Å². The van der Waals surface area contributed by atoms with E-state index in [1.165, 1.54) is 0 Å². The molecule has 0 aliphatic rings. The largest absolute Gasteiger partial charge is 0.383 e. The van der Waals surface area contributed by atoms with Gasteiger partial charge in [0.05, 0.1) is 0 Å². The molecule has 1 aromatic rings. The van der Waals surface area contributed by atoms with E-state index in [4.69, 9.17) is 11.5 Å². The smallest absolute Gasteiger partial charge is 0.126 e. The first-order valence-corrected chi connectivity index (χ1v) is 3.15. The molecule has 1 aromatic heterocycles. The summed E-state index contributed by atoms with van der Waals surface area (Å²) in [5.41, 5.74) is 13.0. The molecule has 0 atom stereocenters. The van der Waals surface area contributed by atoms with Crippen LogP contribution in [0, 0.1) is 6.92 Å². The maximum Gasteiger partial charge on any atom is 0.126 e. The molecule has 0 amide bonds. The molecule has 0 aliphatic carbocycles. The van der Waals surface area contributed by atoms with Crippen molar-refractivity contribution < 1.29 is 0 Å². The minimum atomic E-state index is 0.526. The lowest BCUT2D eigenvalue weighted by molar-refractivity contribution is 1.04. The van der Waals surface area contributed by atoms with Crippen molar-refractivity contribution in [1.82, 2.24) is 4.98 Å². The zero-order valence-corrected chi connectivity index (χ0v) is 5.96. The van der Waals surface area contributed by atoms with Gasteiger partial charge in [0.2, 0.25) is 0 Å². The SMILES string of the molecule is Cc1c(CN)ccnc1N. The van der Waals surface area contributed by atoms with E-state index in [9.17, 15) is 0 Å².